The summed E-state index contributed by atoms with van der Waals surface area (Å²) in [5, 5.41) is 7.64. The molecule has 0 N–H and O–H groups in total. The molecule has 2 rings (SSSR count). The summed E-state index contributed by atoms with van der Waals surface area (Å²) in [4.78, 5) is 13.9. The predicted octanol–water partition coefficient (Wildman–Crippen LogP) is 1.57. The minimum absolute atomic E-state index is 0.201. The first-order valence-corrected chi connectivity index (χ1v) is 6.22. The van der Waals surface area contributed by atoms with Gasteiger partial charge in [-0.25, -0.2) is 0 Å². The third kappa shape index (κ3) is 3.28. The monoisotopic (exact) mass is 237 g/mol. The summed E-state index contributed by atoms with van der Waals surface area (Å²) >= 11 is 0. The van der Waals surface area contributed by atoms with Crippen LogP contribution in [0.15, 0.2) is 4.42 Å². The number of nitrogens with zero attached hydrogens (tertiary/aromatic N) is 3. The highest BCUT2D eigenvalue weighted by Crippen LogP contribution is 2.16. The van der Waals surface area contributed by atoms with Crippen LogP contribution >= 0.6 is 0 Å². The molecule has 0 radical (unpaired) electrons. The number of carbonyl (C=O) groups is 1. The van der Waals surface area contributed by atoms with Crippen LogP contribution < -0.4 is 0 Å². The summed E-state index contributed by atoms with van der Waals surface area (Å²) < 4.78 is 5.25. The lowest BCUT2D eigenvalue weighted by Gasteiger charge is -2.30. The van der Waals surface area contributed by atoms with E-state index in [-0.39, 0.29) is 5.91 Å². The molecule has 1 aromatic rings. The molecular formula is C12H19N3O2. The topological polar surface area (TPSA) is 59.2 Å². The van der Waals surface area contributed by atoms with Crippen molar-refractivity contribution in [1.82, 2.24) is 15.1 Å². The van der Waals surface area contributed by atoms with Gasteiger partial charge in [-0.05, 0) is 18.8 Å². The molecule has 2 heterocycles. The molecule has 1 atom stereocenters. The highest BCUT2D eigenvalue weighted by atomic mass is 16.4. The Morgan fingerprint density at radius 1 is 1.53 bits per heavy atom. The van der Waals surface area contributed by atoms with Crippen LogP contribution in [0.25, 0.3) is 0 Å². The average Bonchev–Trinajstić information content (AvgIpc) is 2.72. The number of rotatable bonds is 3. The lowest BCUT2D eigenvalue weighted by molar-refractivity contribution is -0.132. The van der Waals surface area contributed by atoms with Gasteiger partial charge in [-0.1, -0.05) is 6.92 Å². The van der Waals surface area contributed by atoms with Crippen LogP contribution in [-0.4, -0.2) is 34.1 Å². The number of aromatic nitrogens is 2. The van der Waals surface area contributed by atoms with Crippen LogP contribution in [0.3, 0.4) is 0 Å². The van der Waals surface area contributed by atoms with Crippen molar-refractivity contribution in [1.29, 1.82) is 0 Å². The zero-order valence-corrected chi connectivity index (χ0v) is 10.5. The average molecular weight is 237 g/mol. The fraction of sp³-hybridized carbons (Fsp3) is 0.750. The van der Waals surface area contributed by atoms with Gasteiger partial charge in [-0.15, -0.1) is 10.2 Å². The lowest BCUT2D eigenvalue weighted by atomic mass is 10.00. The third-order valence-corrected chi connectivity index (χ3v) is 3.13. The highest BCUT2D eigenvalue weighted by Gasteiger charge is 2.21. The second-order valence-corrected chi connectivity index (χ2v) is 4.80. The maximum atomic E-state index is 12.0. The SMILES string of the molecule is Cc1nnc(CCC(=O)N2CCC[C@@H](C)C2)o1. The van der Waals surface area contributed by atoms with Gasteiger partial charge in [0.1, 0.15) is 0 Å². The number of likely N-dealkylation sites (tertiary alicyclic amines) is 1. The molecule has 0 saturated carbocycles. The Kier molecular flexibility index (Phi) is 3.76. The van der Waals surface area contributed by atoms with Crippen molar-refractivity contribution in [2.45, 2.75) is 39.5 Å². The molecule has 1 aromatic heterocycles. The van der Waals surface area contributed by atoms with Crippen molar-refractivity contribution in [3.8, 4) is 0 Å². The van der Waals surface area contributed by atoms with Gasteiger partial charge in [0.15, 0.2) is 0 Å². The smallest absolute Gasteiger partial charge is 0.223 e. The maximum absolute atomic E-state index is 12.0. The van der Waals surface area contributed by atoms with E-state index in [2.05, 4.69) is 17.1 Å². The van der Waals surface area contributed by atoms with Crippen molar-refractivity contribution < 1.29 is 9.21 Å². The van der Waals surface area contributed by atoms with E-state index in [1.807, 2.05) is 4.90 Å². The number of carbonyl (C=O) groups excluding carboxylic acids is 1. The molecule has 1 aliphatic heterocycles. The number of hydrogen-bond acceptors (Lipinski definition) is 4. The quantitative estimate of drug-likeness (QED) is 0.800. The molecule has 1 aliphatic rings. The first-order valence-electron chi connectivity index (χ1n) is 6.22. The Hall–Kier alpha value is -1.39. The minimum Gasteiger partial charge on any atom is -0.426 e. The summed E-state index contributed by atoms with van der Waals surface area (Å²) in [5.41, 5.74) is 0. The summed E-state index contributed by atoms with van der Waals surface area (Å²) in [6.07, 6.45) is 3.36. The van der Waals surface area contributed by atoms with E-state index in [1.54, 1.807) is 6.92 Å². The standard InChI is InChI=1S/C12H19N3O2/c1-9-4-3-7-15(8-9)12(16)6-5-11-14-13-10(2)17-11/h9H,3-8H2,1-2H3/t9-/m1/s1. The van der Waals surface area contributed by atoms with E-state index in [4.69, 9.17) is 4.42 Å². The maximum Gasteiger partial charge on any atom is 0.223 e. The van der Waals surface area contributed by atoms with Gasteiger partial charge < -0.3 is 9.32 Å². The second-order valence-electron chi connectivity index (χ2n) is 4.80. The number of piperidine rings is 1. The van der Waals surface area contributed by atoms with Crippen LogP contribution in [0.4, 0.5) is 0 Å². The third-order valence-electron chi connectivity index (χ3n) is 3.13. The molecule has 0 unspecified atom stereocenters. The predicted molar refractivity (Wildman–Crippen MR) is 62.3 cm³/mol. The molecule has 0 bridgehead atoms. The zero-order chi connectivity index (χ0) is 12.3. The molecule has 5 heteroatoms. The van der Waals surface area contributed by atoms with Crippen molar-refractivity contribution in [2.75, 3.05) is 13.1 Å². The molecule has 0 spiro atoms. The van der Waals surface area contributed by atoms with E-state index >= 15 is 0 Å². The molecule has 0 aromatic carbocycles. The Bertz CT molecular complexity index is 389. The molecule has 5 nitrogen and oxygen atoms in total. The van der Waals surface area contributed by atoms with Crippen molar-refractivity contribution in [3.05, 3.63) is 11.8 Å². The van der Waals surface area contributed by atoms with E-state index in [9.17, 15) is 4.79 Å². The summed E-state index contributed by atoms with van der Waals surface area (Å²) in [7, 11) is 0. The fourth-order valence-electron chi connectivity index (χ4n) is 2.23. The highest BCUT2D eigenvalue weighted by molar-refractivity contribution is 5.76. The van der Waals surface area contributed by atoms with E-state index in [0.29, 0.717) is 30.5 Å². The van der Waals surface area contributed by atoms with Crippen LogP contribution in [-0.2, 0) is 11.2 Å². The van der Waals surface area contributed by atoms with E-state index < -0.39 is 0 Å². The Morgan fingerprint density at radius 3 is 3.00 bits per heavy atom. The minimum atomic E-state index is 0.201. The largest absolute Gasteiger partial charge is 0.426 e. The first-order chi connectivity index (χ1) is 8.15. The first kappa shape index (κ1) is 12.1. The Balaban J connectivity index is 1.80. The molecular weight excluding hydrogens is 218 g/mol. The molecule has 0 aliphatic carbocycles. The van der Waals surface area contributed by atoms with Gasteiger partial charge in [-0.2, -0.15) is 0 Å². The van der Waals surface area contributed by atoms with Crippen LogP contribution in [0.1, 0.15) is 38.0 Å². The Morgan fingerprint density at radius 2 is 2.35 bits per heavy atom. The van der Waals surface area contributed by atoms with Crippen molar-refractivity contribution >= 4 is 5.91 Å². The molecule has 94 valence electrons. The molecule has 1 fully saturated rings. The number of hydrogen-bond donors (Lipinski definition) is 0. The van der Waals surface area contributed by atoms with Gasteiger partial charge in [0.05, 0.1) is 0 Å². The molecule has 1 saturated heterocycles. The van der Waals surface area contributed by atoms with Gasteiger partial charge in [0.2, 0.25) is 17.7 Å². The van der Waals surface area contributed by atoms with Gasteiger partial charge in [0, 0.05) is 32.9 Å². The Labute approximate surface area is 101 Å². The summed E-state index contributed by atoms with van der Waals surface area (Å²) in [6.45, 7) is 5.74. The molecule has 1 amide bonds. The van der Waals surface area contributed by atoms with Crippen LogP contribution in [0.2, 0.25) is 0 Å². The van der Waals surface area contributed by atoms with Crippen molar-refractivity contribution in [3.63, 3.8) is 0 Å². The van der Waals surface area contributed by atoms with Crippen LogP contribution in [0, 0.1) is 12.8 Å². The number of aryl methyl sites for hydroxylation is 2. The van der Waals surface area contributed by atoms with Gasteiger partial charge >= 0.3 is 0 Å². The zero-order valence-electron chi connectivity index (χ0n) is 10.5. The summed E-state index contributed by atoms with van der Waals surface area (Å²) in [6, 6.07) is 0. The van der Waals surface area contributed by atoms with Crippen molar-refractivity contribution in [2.24, 2.45) is 5.92 Å². The fourth-order valence-corrected chi connectivity index (χ4v) is 2.23. The van der Waals surface area contributed by atoms with Gasteiger partial charge in [0.25, 0.3) is 0 Å². The van der Waals surface area contributed by atoms with Gasteiger partial charge in [-0.3, -0.25) is 4.79 Å². The van der Waals surface area contributed by atoms with Crippen LogP contribution in [0.5, 0.6) is 0 Å². The summed E-state index contributed by atoms with van der Waals surface area (Å²) in [5.74, 6) is 1.94. The normalized spacial score (nSPS) is 20.6. The van der Waals surface area contributed by atoms with E-state index in [1.165, 1.54) is 6.42 Å². The second kappa shape index (κ2) is 5.29. The lowest BCUT2D eigenvalue weighted by Crippen LogP contribution is -2.39. The van der Waals surface area contributed by atoms with E-state index in [0.717, 1.165) is 19.5 Å². The number of amides is 1. The molecule has 17 heavy (non-hydrogen) atoms.